The minimum Gasteiger partial charge on any atom is -0.396 e. The van der Waals surface area contributed by atoms with Crippen molar-refractivity contribution in [3.8, 4) is 21.8 Å². The number of thiophene rings is 1. The van der Waals surface area contributed by atoms with Crippen LogP contribution in [0.1, 0.15) is 30.1 Å². The summed E-state index contributed by atoms with van der Waals surface area (Å²) in [5, 5.41) is 15.3. The highest BCUT2D eigenvalue weighted by molar-refractivity contribution is 7.87. The van der Waals surface area contributed by atoms with Crippen molar-refractivity contribution in [2.24, 2.45) is 0 Å². The number of pyridine rings is 1. The van der Waals surface area contributed by atoms with E-state index in [0.29, 0.717) is 21.2 Å². The van der Waals surface area contributed by atoms with Crippen LogP contribution in [0, 0.1) is 0 Å². The molecule has 0 bridgehead atoms. The number of aromatic amines is 1. The summed E-state index contributed by atoms with van der Waals surface area (Å²) >= 11 is 2.91. The highest BCUT2D eigenvalue weighted by atomic mass is 32.2. The topological polar surface area (TPSA) is 119 Å². The number of rotatable bonds is 9. The molecule has 1 aromatic carbocycles. The van der Waals surface area contributed by atoms with E-state index in [1.165, 1.54) is 11.3 Å². The van der Waals surface area contributed by atoms with Gasteiger partial charge in [-0.2, -0.15) is 4.98 Å². The molecule has 7 nitrogen and oxygen atoms in total. The zero-order valence-corrected chi connectivity index (χ0v) is 20.5. The van der Waals surface area contributed by atoms with Gasteiger partial charge in [0.25, 0.3) is 10.9 Å². The third-order valence-corrected chi connectivity index (χ3v) is 8.92. The number of nitrogens with zero attached hydrogens (tertiary/aromatic N) is 1. The van der Waals surface area contributed by atoms with Crippen LogP contribution < -0.4 is 16.0 Å². The zero-order chi connectivity index (χ0) is 23.4. The third kappa shape index (κ3) is 4.98. The van der Waals surface area contributed by atoms with Crippen molar-refractivity contribution >= 4 is 55.3 Å². The van der Waals surface area contributed by atoms with Crippen LogP contribution in [0.4, 0.5) is 5.69 Å². The van der Waals surface area contributed by atoms with E-state index in [1.54, 1.807) is 23.5 Å². The lowest BCUT2D eigenvalue weighted by atomic mass is 9.99. The molecule has 3 aromatic heterocycles. The molecule has 1 unspecified atom stereocenters. The van der Waals surface area contributed by atoms with Crippen molar-refractivity contribution in [3.05, 3.63) is 47.5 Å². The summed E-state index contributed by atoms with van der Waals surface area (Å²) < 4.78 is 13.6. The molecule has 3 heterocycles. The number of nitrogens with one attached hydrogen (secondary N) is 2. The second-order valence-corrected chi connectivity index (χ2v) is 11.1. The summed E-state index contributed by atoms with van der Waals surface area (Å²) in [6.45, 7) is 2.13. The molecule has 5 N–H and O–H groups in total. The van der Waals surface area contributed by atoms with Gasteiger partial charge in [0.2, 0.25) is 0 Å². The van der Waals surface area contributed by atoms with Crippen LogP contribution in [0.15, 0.2) is 46.1 Å². The number of H-pyrrole nitrogens is 1. The van der Waals surface area contributed by atoms with Gasteiger partial charge in [-0.05, 0) is 35.7 Å². The van der Waals surface area contributed by atoms with Gasteiger partial charge in [-0.1, -0.05) is 36.8 Å². The summed E-state index contributed by atoms with van der Waals surface area (Å²) in [4.78, 5) is 21.2. The summed E-state index contributed by atoms with van der Waals surface area (Å²) in [6.07, 6.45) is 3.68. The molecule has 0 radical (unpaired) electrons. The first-order valence-corrected chi connectivity index (χ1v) is 13.6. The molecular weight excluding hydrogens is 476 g/mol. The summed E-state index contributed by atoms with van der Waals surface area (Å²) in [5.74, 6) is 0.303. The molecular formula is C23H25N4O3S3+. The Kier molecular flexibility index (Phi) is 7.49. The average molecular weight is 502 g/mol. The Hall–Kier alpha value is -2.66. The van der Waals surface area contributed by atoms with Crippen LogP contribution in [0.2, 0.25) is 0 Å². The number of thiazole rings is 1. The second-order valence-electron chi connectivity index (χ2n) is 7.40. The lowest BCUT2D eigenvalue weighted by Crippen LogP contribution is -2.26. The number of amides is 1. The van der Waals surface area contributed by atoms with E-state index >= 15 is 0 Å². The first kappa shape index (κ1) is 23.5. The van der Waals surface area contributed by atoms with Crippen molar-refractivity contribution in [1.82, 2.24) is 10.3 Å². The van der Waals surface area contributed by atoms with Gasteiger partial charge in [0.1, 0.15) is 14.7 Å². The number of carbonyl (C=O) groups is 1. The zero-order valence-electron chi connectivity index (χ0n) is 18.1. The van der Waals surface area contributed by atoms with Crippen LogP contribution in [0.25, 0.3) is 32.0 Å². The van der Waals surface area contributed by atoms with Gasteiger partial charge < -0.3 is 16.2 Å². The van der Waals surface area contributed by atoms with Crippen molar-refractivity contribution in [3.63, 3.8) is 0 Å². The summed E-state index contributed by atoms with van der Waals surface area (Å²) in [7, 11) is -1.19. The maximum atomic E-state index is 12.9. The lowest BCUT2D eigenvalue weighted by molar-refractivity contribution is -0.358. The van der Waals surface area contributed by atoms with Crippen LogP contribution in [0.5, 0.6) is 0 Å². The van der Waals surface area contributed by atoms with E-state index in [9.17, 15) is 9.00 Å². The number of aliphatic hydroxyl groups is 1. The number of nitrogen functional groups attached to an aromatic ring is 1. The Labute approximate surface area is 202 Å². The van der Waals surface area contributed by atoms with Gasteiger partial charge in [-0.25, -0.2) is 4.98 Å². The van der Waals surface area contributed by atoms with Gasteiger partial charge in [0.15, 0.2) is 6.20 Å². The Morgan fingerprint density at radius 3 is 2.91 bits per heavy atom. The van der Waals surface area contributed by atoms with Crippen LogP contribution in [-0.4, -0.2) is 39.1 Å². The molecule has 4 rings (SSSR count). The van der Waals surface area contributed by atoms with Gasteiger partial charge in [0.05, 0.1) is 28.5 Å². The van der Waals surface area contributed by atoms with Gasteiger partial charge >= 0.3 is 0 Å². The number of anilines is 1. The number of nitrogens with two attached hydrogens (primary N) is 1. The lowest BCUT2D eigenvalue weighted by Gasteiger charge is -2.09. The highest BCUT2D eigenvalue weighted by Gasteiger charge is 2.22. The second kappa shape index (κ2) is 10.5. The Bertz CT molecular complexity index is 1300. The molecule has 10 heteroatoms. The van der Waals surface area contributed by atoms with Crippen molar-refractivity contribution in [2.45, 2.75) is 24.0 Å². The first-order chi connectivity index (χ1) is 16.0. The normalized spacial score (nSPS) is 12.2. The van der Waals surface area contributed by atoms with Crippen LogP contribution >= 0.6 is 22.7 Å². The van der Waals surface area contributed by atoms with E-state index in [-0.39, 0.29) is 19.1 Å². The number of hydrogen-bond acceptors (Lipinski definition) is 7. The molecule has 0 fully saturated rings. The van der Waals surface area contributed by atoms with Crippen molar-refractivity contribution in [2.75, 3.05) is 24.6 Å². The molecule has 0 saturated heterocycles. The van der Waals surface area contributed by atoms with Gasteiger partial charge in [0, 0.05) is 23.2 Å². The fourth-order valence-electron chi connectivity index (χ4n) is 3.46. The molecule has 33 heavy (non-hydrogen) atoms. The van der Waals surface area contributed by atoms with E-state index < -0.39 is 10.8 Å². The number of carbonyl (C=O) groups excluding carboxylic acids is 1. The highest BCUT2D eigenvalue weighted by Crippen LogP contribution is 2.42. The molecule has 4 aromatic rings. The Balaban J connectivity index is 1.88. The number of hydrogen-bond donors (Lipinski definition) is 3. The van der Waals surface area contributed by atoms with E-state index in [4.69, 9.17) is 15.8 Å². The fraction of sp³-hybridized carbons (Fsp3) is 0.261. The van der Waals surface area contributed by atoms with E-state index in [2.05, 4.69) is 17.2 Å². The predicted octanol–water partition coefficient (Wildman–Crippen LogP) is 3.72. The standard InChI is InChI=1S/C23H24N4O3S3/c1-2-3-11-33(30)23-19(24)18-16(13-17(27-22(18)32-23)21-26-8-10-31-21)14-5-4-6-15(12-14)20(29)25-7-9-28/h4-6,8,10,12-13,28H,2-3,7,9,11,24H2,1H3,(H,25,29)/p+1. The Morgan fingerprint density at radius 2 is 2.18 bits per heavy atom. The van der Waals surface area contributed by atoms with Gasteiger partial charge in [-0.3, -0.25) is 9.00 Å². The quantitative estimate of drug-likeness (QED) is 0.323. The maximum absolute atomic E-state index is 12.9. The molecule has 0 aliphatic carbocycles. The fourth-order valence-corrected chi connectivity index (χ4v) is 6.89. The number of aliphatic hydroxyl groups excluding tert-OH is 1. The molecule has 0 spiro atoms. The molecule has 0 saturated carbocycles. The minimum absolute atomic E-state index is 0.125. The summed E-state index contributed by atoms with van der Waals surface area (Å²) in [5.41, 5.74) is 9.92. The molecule has 172 valence electrons. The van der Waals surface area contributed by atoms with Crippen LogP contribution in [0.3, 0.4) is 0 Å². The minimum atomic E-state index is -1.19. The molecule has 0 aliphatic rings. The van der Waals surface area contributed by atoms with E-state index in [1.807, 2.05) is 29.8 Å². The summed E-state index contributed by atoms with van der Waals surface area (Å²) in [6, 6.07) is 9.22. The van der Waals surface area contributed by atoms with Crippen LogP contribution in [-0.2, 0) is 10.8 Å². The molecule has 0 aliphatic heterocycles. The number of fused-ring (bicyclic) bond motifs is 1. The smallest absolute Gasteiger partial charge is 0.286 e. The average Bonchev–Trinajstić information content (AvgIpc) is 3.49. The monoisotopic (exact) mass is 501 g/mol. The molecule has 1 amide bonds. The first-order valence-electron chi connectivity index (χ1n) is 10.6. The SMILES string of the molecule is CCCCS(=O)c1sc2nc(-c3[nH+]ccs3)cc(-c3cccc(C(=O)NCCO)c3)c2c1N. The van der Waals surface area contributed by atoms with E-state index in [0.717, 1.165) is 44.9 Å². The maximum Gasteiger partial charge on any atom is 0.286 e. The van der Waals surface area contributed by atoms with Gasteiger partial charge in [-0.15, -0.1) is 11.3 Å². The predicted molar refractivity (Wildman–Crippen MR) is 135 cm³/mol. The number of aromatic nitrogens is 2. The largest absolute Gasteiger partial charge is 0.396 e. The number of unbranched alkanes of at least 4 members (excludes halogenated alkanes) is 1. The molecule has 1 atom stereocenters. The third-order valence-electron chi connectivity index (χ3n) is 5.09. The van der Waals surface area contributed by atoms with Crippen molar-refractivity contribution < 1.29 is 19.1 Å². The van der Waals surface area contributed by atoms with Crippen molar-refractivity contribution in [1.29, 1.82) is 0 Å². The Morgan fingerprint density at radius 1 is 1.33 bits per heavy atom. The number of benzene rings is 1.